The number of hydrogen-bond acceptors (Lipinski definition) is 5. The Bertz CT molecular complexity index is 1000. The third-order valence-electron chi connectivity index (χ3n) is 5.59. The van der Waals surface area contributed by atoms with E-state index >= 15 is 0 Å². The number of aliphatic imine (C=N–C) groups is 1. The molecule has 0 saturated carbocycles. The third kappa shape index (κ3) is 5.55. The first kappa shape index (κ1) is 21.6. The van der Waals surface area contributed by atoms with E-state index in [1.807, 2.05) is 6.07 Å². The van der Waals surface area contributed by atoms with Crippen molar-refractivity contribution in [2.45, 2.75) is 46.1 Å². The minimum Gasteiger partial charge on any atom is -0.357 e. The molecule has 31 heavy (non-hydrogen) atoms. The average molecular weight is 440 g/mol. The van der Waals surface area contributed by atoms with E-state index in [0.717, 1.165) is 75.1 Å². The van der Waals surface area contributed by atoms with E-state index in [1.54, 1.807) is 11.3 Å². The molecule has 7 nitrogen and oxygen atoms in total. The number of nitrogens with zero attached hydrogens (tertiary/aromatic N) is 5. The molecule has 0 aliphatic carbocycles. The van der Waals surface area contributed by atoms with Crippen molar-refractivity contribution in [2.24, 2.45) is 4.99 Å². The summed E-state index contributed by atoms with van der Waals surface area (Å²) in [5, 5.41) is 10.2. The van der Waals surface area contributed by atoms with Crippen LogP contribution < -0.4 is 15.5 Å². The molecule has 3 aromatic rings. The van der Waals surface area contributed by atoms with Crippen LogP contribution in [0.25, 0.3) is 11.0 Å². The molecular weight excluding hydrogens is 406 g/mol. The van der Waals surface area contributed by atoms with Gasteiger partial charge in [0.25, 0.3) is 0 Å². The van der Waals surface area contributed by atoms with Gasteiger partial charge in [0.2, 0.25) is 0 Å². The molecule has 8 heteroatoms. The number of fused-ring (bicyclic) bond motifs is 1. The van der Waals surface area contributed by atoms with Gasteiger partial charge in [0, 0.05) is 51.1 Å². The van der Waals surface area contributed by atoms with Crippen molar-refractivity contribution in [2.75, 3.05) is 37.6 Å². The zero-order valence-electron chi connectivity index (χ0n) is 18.6. The molecule has 0 unspecified atom stereocenters. The molecule has 0 bridgehead atoms. The van der Waals surface area contributed by atoms with Crippen molar-refractivity contribution in [3.63, 3.8) is 0 Å². The number of thiazole rings is 1. The maximum atomic E-state index is 4.81. The number of aryl methyl sites for hydroxylation is 2. The van der Waals surface area contributed by atoms with Gasteiger partial charge in [-0.15, -0.1) is 11.3 Å². The largest absolute Gasteiger partial charge is 0.357 e. The SMILES string of the molecule is CCNC(=NCCCn1c(C)nc2ccccc21)NCCc1csc(N2CCCC2)n1. The van der Waals surface area contributed by atoms with Crippen LogP contribution in [0.4, 0.5) is 5.13 Å². The van der Waals surface area contributed by atoms with E-state index in [1.165, 1.54) is 23.5 Å². The summed E-state index contributed by atoms with van der Waals surface area (Å²) < 4.78 is 2.28. The zero-order chi connectivity index (χ0) is 21.5. The number of hydrogen-bond donors (Lipinski definition) is 2. The van der Waals surface area contributed by atoms with Gasteiger partial charge >= 0.3 is 0 Å². The fraction of sp³-hybridized carbons (Fsp3) is 0.522. The molecule has 0 atom stereocenters. The highest BCUT2D eigenvalue weighted by atomic mass is 32.1. The van der Waals surface area contributed by atoms with Gasteiger partial charge in [0.1, 0.15) is 5.82 Å². The molecule has 1 aliphatic heterocycles. The first-order valence-electron chi connectivity index (χ1n) is 11.4. The zero-order valence-corrected chi connectivity index (χ0v) is 19.4. The van der Waals surface area contributed by atoms with E-state index in [2.05, 4.69) is 62.5 Å². The second kappa shape index (κ2) is 10.6. The molecule has 1 aromatic carbocycles. The molecule has 0 amide bonds. The molecule has 2 N–H and O–H groups in total. The average Bonchev–Trinajstić information content (AvgIpc) is 3.51. The molecule has 3 heterocycles. The summed E-state index contributed by atoms with van der Waals surface area (Å²) in [4.78, 5) is 16.6. The van der Waals surface area contributed by atoms with Crippen LogP contribution in [0.3, 0.4) is 0 Å². The summed E-state index contributed by atoms with van der Waals surface area (Å²) in [6.45, 7) is 9.86. The maximum absolute atomic E-state index is 4.81. The molecule has 1 saturated heterocycles. The van der Waals surface area contributed by atoms with Crippen molar-refractivity contribution >= 4 is 33.5 Å². The Labute approximate surface area is 188 Å². The maximum Gasteiger partial charge on any atom is 0.191 e. The van der Waals surface area contributed by atoms with Crippen LogP contribution in [-0.2, 0) is 13.0 Å². The van der Waals surface area contributed by atoms with Gasteiger partial charge in [-0.3, -0.25) is 4.99 Å². The summed E-state index contributed by atoms with van der Waals surface area (Å²) in [6, 6.07) is 8.32. The number of aromatic nitrogens is 3. The minimum absolute atomic E-state index is 0.775. The topological polar surface area (TPSA) is 70.4 Å². The summed E-state index contributed by atoms with van der Waals surface area (Å²) in [5.41, 5.74) is 3.43. The van der Waals surface area contributed by atoms with Crippen LogP contribution in [0.15, 0.2) is 34.6 Å². The summed E-state index contributed by atoms with van der Waals surface area (Å²) in [6.07, 6.45) is 4.46. The smallest absolute Gasteiger partial charge is 0.191 e. The van der Waals surface area contributed by atoms with Crippen LogP contribution in [0.5, 0.6) is 0 Å². The van der Waals surface area contributed by atoms with Gasteiger partial charge in [-0.25, -0.2) is 9.97 Å². The lowest BCUT2D eigenvalue weighted by Gasteiger charge is -2.12. The quantitative estimate of drug-likeness (QED) is 0.303. The Balaban J connectivity index is 1.25. The van der Waals surface area contributed by atoms with Crippen LogP contribution in [0.1, 0.15) is 37.7 Å². The Morgan fingerprint density at radius 3 is 2.84 bits per heavy atom. The van der Waals surface area contributed by atoms with Gasteiger partial charge < -0.3 is 20.1 Å². The van der Waals surface area contributed by atoms with Crippen molar-refractivity contribution < 1.29 is 0 Å². The standard InChI is InChI=1S/C23H33N7S/c1-3-24-22(26-13-11-19-17-31-23(28-19)29-14-6-7-15-29)25-12-8-16-30-18(2)27-20-9-4-5-10-21(20)30/h4-5,9-10,17H,3,6-8,11-16H2,1-2H3,(H2,24,25,26). The van der Waals surface area contributed by atoms with Gasteiger partial charge in [-0.1, -0.05) is 12.1 Å². The van der Waals surface area contributed by atoms with Crippen molar-refractivity contribution in [3.8, 4) is 0 Å². The molecular formula is C23H33N7S. The summed E-state index contributed by atoms with van der Waals surface area (Å²) in [7, 11) is 0. The summed E-state index contributed by atoms with van der Waals surface area (Å²) in [5.74, 6) is 1.94. The predicted molar refractivity (Wildman–Crippen MR) is 130 cm³/mol. The lowest BCUT2D eigenvalue weighted by Crippen LogP contribution is -2.38. The Morgan fingerprint density at radius 1 is 1.16 bits per heavy atom. The van der Waals surface area contributed by atoms with E-state index in [9.17, 15) is 0 Å². The monoisotopic (exact) mass is 439 g/mol. The fourth-order valence-electron chi connectivity index (χ4n) is 4.01. The summed E-state index contributed by atoms with van der Waals surface area (Å²) >= 11 is 1.77. The number of guanidine groups is 1. The third-order valence-corrected chi connectivity index (χ3v) is 6.54. The molecule has 166 valence electrons. The first-order chi connectivity index (χ1) is 15.2. The fourth-order valence-corrected chi connectivity index (χ4v) is 4.93. The van der Waals surface area contributed by atoms with Crippen molar-refractivity contribution in [1.82, 2.24) is 25.2 Å². The molecule has 4 rings (SSSR count). The Morgan fingerprint density at radius 2 is 2.00 bits per heavy atom. The second-order valence-electron chi connectivity index (χ2n) is 7.91. The number of nitrogens with one attached hydrogen (secondary N) is 2. The lowest BCUT2D eigenvalue weighted by atomic mass is 10.3. The van der Waals surface area contributed by atoms with Gasteiger partial charge in [-0.05, 0) is 45.2 Å². The molecule has 1 fully saturated rings. The highest BCUT2D eigenvalue weighted by molar-refractivity contribution is 7.13. The van der Waals surface area contributed by atoms with Gasteiger partial charge in [-0.2, -0.15) is 0 Å². The van der Waals surface area contributed by atoms with E-state index in [-0.39, 0.29) is 0 Å². The minimum atomic E-state index is 0.775. The van der Waals surface area contributed by atoms with E-state index in [4.69, 9.17) is 9.98 Å². The second-order valence-corrected chi connectivity index (χ2v) is 8.74. The van der Waals surface area contributed by atoms with Gasteiger partial charge in [0.05, 0.1) is 16.7 Å². The van der Waals surface area contributed by atoms with Crippen LogP contribution in [-0.4, -0.2) is 53.2 Å². The van der Waals surface area contributed by atoms with Gasteiger partial charge in [0.15, 0.2) is 11.1 Å². The highest BCUT2D eigenvalue weighted by Gasteiger charge is 2.15. The molecule has 2 aromatic heterocycles. The van der Waals surface area contributed by atoms with Crippen molar-refractivity contribution in [3.05, 3.63) is 41.2 Å². The number of rotatable bonds is 9. The van der Waals surface area contributed by atoms with Crippen molar-refractivity contribution in [1.29, 1.82) is 0 Å². The van der Waals surface area contributed by atoms with Crippen LogP contribution >= 0.6 is 11.3 Å². The number of anilines is 1. The Kier molecular flexibility index (Phi) is 7.40. The first-order valence-corrected chi connectivity index (χ1v) is 12.3. The van der Waals surface area contributed by atoms with Crippen LogP contribution in [0.2, 0.25) is 0 Å². The normalized spacial score (nSPS) is 14.5. The molecule has 0 radical (unpaired) electrons. The molecule has 1 aliphatic rings. The number of imidazole rings is 1. The van der Waals surface area contributed by atoms with E-state index < -0.39 is 0 Å². The van der Waals surface area contributed by atoms with Crippen LogP contribution in [0, 0.1) is 6.92 Å². The predicted octanol–water partition coefficient (Wildman–Crippen LogP) is 3.59. The lowest BCUT2D eigenvalue weighted by molar-refractivity contribution is 0.645. The number of benzene rings is 1. The molecule has 0 spiro atoms. The highest BCUT2D eigenvalue weighted by Crippen LogP contribution is 2.24. The van der Waals surface area contributed by atoms with E-state index in [0.29, 0.717) is 0 Å². The number of para-hydroxylation sites is 2. The Hall–Kier alpha value is -2.61.